The number of aromatic nitrogens is 1. The third kappa shape index (κ3) is 4.86. The Morgan fingerprint density at radius 1 is 1.27 bits per heavy atom. The fourth-order valence-electron chi connectivity index (χ4n) is 3.46. The van der Waals surface area contributed by atoms with Crippen LogP contribution in [0.25, 0.3) is 21.3 Å². The fourth-order valence-corrected chi connectivity index (χ4v) is 4.36. The second-order valence-corrected chi connectivity index (χ2v) is 8.05. The van der Waals surface area contributed by atoms with Crippen molar-refractivity contribution in [2.24, 2.45) is 0 Å². The third-order valence-corrected chi connectivity index (χ3v) is 5.94. The lowest BCUT2D eigenvalue weighted by Gasteiger charge is -2.27. The maximum Gasteiger partial charge on any atom is 0.321 e. The summed E-state index contributed by atoms with van der Waals surface area (Å²) in [7, 11) is 1.56. The van der Waals surface area contributed by atoms with Gasteiger partial charge in [0.1, 0.15) is 11.6 Å². The zero-order chi connectivity index (χ0) is 20.9. The topological polar surface area (TPSA) is 78.5 Å². The molecule has 1 aliphatic heterocycles. The SMILES string of the molecule is COc1ccc(F)cc1-c1ccc2nc(NC(=O)NCCN3CCNCC3)sc2c1. The molecule has 3 N–H and O–H groups in total. The van der Waals surface area contributed by atoms with Gasteiger partial charge in [-0.3, -0.25) is 10.2 Å². The van der Waals surface area contributed by atoms with Gasteiger partial charge in [0.2, 0.25) is 0 Å². The molecule has 30 heavy (non-hydrogen) atoms. The van der Waals surface area contributed by atoms with Gasteiger partial charge in [0.25, 0.3) is 0 Å². The van der Waals surface area contributed by atoms with E-state index >= 15 is 0 Å². The number of piperazine rings is 1. The standard InChI is InChI=1S/C21H24FN5O2S/c1-29-18-5-3-15(22)13-16(18)14-2-4-17-19(12-14)30-21(25-17)26-20(28)24-8-11-27-9-6-23-7-10-27/h2-5,12-13,23H,6-11H2,1H3,(H2,24,25,26,28). The molecule has 1 saturated heterocycles. The predicted molar refractivity (Wildman–Crippen MR) is 118 cm³/mol. The first kappa shape index (κ1) is 20.5. The van der Waals surface area contributed by atoms with Gasteiger partial charge in [0.15, 0.2) is 5.13 Å². The first-order valence-corrected chi connectivity index (χ1v) is 10.7. The van der Waals surface area contributed by atoms with Crippen molar-refractivity contribution in [2.45, 2.75) is 0 Å². The van der Waals surface area contributed by atoms with E-state index in [0.717, 1.165) is 48.5 Å². The summed E-state index contributed by atoms with van der Waals surface area (Å²) in [5, 5.41) is 9.51. The molecule has 7 nitrogen and oxygen atoms in total. The smallest absolute Gasteiger partial charge is 0.321 e. The summed E-state index contributed by atoms with van der Waals surface area (Å²) in [5.41, 5.74) is 2.28. The molecule has 4 rings (SSSR count). The van der Waals surface area contributed by atoms with Crippen molar-refractivity contribution < 1.29 is 13.9 Å². The van der Waals surface area contributed by atoms with Gasteiger partial charge < -0.3 is 15.4 Å². The zero-order valence-electron chi connectivity index (χ0n) is 16.7. The largest absolute Gasteiger partial charge is 0.496 e. The number of amides is 2. The van der Waals surface area contributed by atoms with Gasteiger partial charge in [-0.1, -0.05) is 17.4 Å². The minimum absolute atomic E-state index is 0.267. The Bertz CT molecular complexity index is 1040. The quantitative estimate of drug-likeness (QED) is 0.561. The van der Waals surface area contributed by atoms with Crippen molar-refractivity contribution in [3.8, 4) is 16.9 Å². The average molecular weight is 430 g/mol. The van der Waals surface area contributed by atoms with Crippen LogP contribution < -0.4 is 20.7 Å². The molecule has 0 saturated carbocycles. The number of hydrogen-bond acceptors (Lipinski definition) is 6. The minimum Gasteiger partial charge on any atom is -0.496 e. The lowest BCUT2D eigenvalue weighted by molar-refractivity contribution is 0.233. The van der Waals surface area contributed by atoms with E-state index in [4.69, 9.17) is 4.74 Å². The van der Waals surface area contributed by atoms with E-state index in [2.05, 4.69) is 25.8 Å². The molecule has 0 aliphatic carbocycles. The monoisotopic (exact) mass is 429 g/mol. The Morgan fingerprint density at radius 3 is 2.90 bits per heavy atom. The van der Waals surface area contributed by atoms with Crippen molar-refractivity contribution >= 4 is 32.7 Å². The molecule has 1 aromatic heterocycles. The summed E-state index contributed by atoms with van der Waals surface area (Å²) in [6.45, 7) is 5.38. The van der Waals surface area contributed by atoms with Crippen molar-refractivity contribution in [1.82, 2.24) is 20.5 Å². The molecule has 9 heteroatoms. The van der Waals surface area contributed by atoms with E-state index < -0.39 is 0 Å². The van der Waals surface area contributed by atoms with Crippen LogP contribution in [0.2, 0.25) is 0 Å². The number of rotatable bonds is 6. The van der Waals surface area contributed by atoms with E-state index in [0.29, 0.717) is 23.0 Å². The summed E-state index contributed by atoms with van der Waals surface area (Å²) in [6.07, 6.45) is 0. The number of thiazole rings is 1. The Morgan fingerprint density at radius 2 is 2.10 bits per heavy atom. The number of urea groups is 1. The summed E-state index contributed by atoms with van der Waals surface area (Å²) in [4.78, 5) is 19.0. The van der Waals surface area contributed by atoms with Crippen LogP contribution in [-0.2, 0) is 0 Å². The Labute approximate surface area is 178 Å². The number of carbonyl (C=O) groups excluding carboxylic acids is 1. The van der Waals surface area contributed by atoms with Crippen molar-refractivity contribution in [2.75, 3.05) is 51.7 Å². The molecule has 2 aromatic carbocycles. The van der Waals surface area contributed by atoms with E-state index in [9.17, 15) is 9.18 Å². The minimum atomic E-state index is -0.324. The maximum absolute atomic E-state index is 13.7. The number of hydrogen-bond donors (Lipinski definition) is 3. The summed E-state index contributed by atoms with van der Waals surface area (Å²) < 4.78 is 20.0. The molecule has 2 heterocycles. The van der Waals surface area contributed by atoms with Crippen LogP contribution in [0.3, 0.4) is 0 Å². The number of benzene rings is 2. The number of nitrogens with zero attached hydrogens (tertiary/aromatic N) is 2. The predicted octanol–water partition coefficient (Wildman–Crippen LogP) is 3.14. The number of anilines is 1. The number of ether oxygens (including phenoxy) is 1. The van der Waals surface area contributed by atoms with E-state index in [1.807, 2.05) is 18.2 Å². The lowest BCUT2D eigenvalue weighted by Crippen LogP contribution is -2.46. The third-order valence-electron chi connectivity index (χ3n) is 5.00. The summed E-state index contributed by atoms with van der Waals surface area (Å²) in [6, 6.07) is 9.82. The highest BCUT2D eigenvalue weighted by atomic mass is 32.1. The van der Waals surface area contributed by atoms with Gasteiger partial charge in [0.05, 0.1) is 17.3 Å². The highest BCUT2D eigenvalue weighted by Crippen LogP contribution is 2.35. The Hall–Kier alpha value is -2.75. The van der Waals surface area contributed by atoms with E-state index in [-0.39, 0.29) is 11.8 Å². The van der Waals surface area contributed by atoms with Crippen LogP contribution in [0.5, 0.6) is 5.75 Å². The number of nitrogens with one attached hydrogen (secondary N) is 3. The molecule has 0 bridgehead atoms. The molecule has 2 amide bonds. The van der Waals surface area contributed by atoms with Crippen LogP contribution in [-0.4, -0.2) is 62.3 Å². The fraction of sp³-hybridized carbons (Fsp3) is 0.333. The lowest BCUT2D eigenvalue weighted by atomic mass is 10.0. The molecule has 158 valence electrons. The molecule has 0 radical (unpaired) electrons. The van der Waals surface area contributed by atoms with Crippen LogP contribution in [0.4, 0.5) is 14.3 Å². The van der Waals surface area contributed by atoms with Gasteiger partial charge in [-0.15, -0.1) is 0 Å². The van der Waals surface area contributed by atoms with Crippen LogP contribution in [0.1, 0.15) is 0 Å². The van der Waals surface area contributed by atoms with Gasteiger partial charge in [-0.25, -0.2) is 14.2 Å². The van der Waals surface area contributed by atoms with Crippen molar-refractivity contribution in [3.63, 3.8) is 0 Å². The molecule has 0 unspecified atom stereocenters. The molecule has 0 atom stereocenters. The van der Waals surface area contributed by atoms with Crippen molar-refractivity contribution in [3.05, 3.63) is 42.2 Å². The number of fused-ring (bicyclic) bond motifs is 1. The summed E-state index contributed by atoms with van der Waals surface area (Å²) >= 11 is 1.38. The second-order valence-electron chi connectivity index (χ2n) is 7.02. The van der Waals surface area contributed by atoms with Gasteiger partial charge in [-0.05, 0) is 35.9 Å². The van der Waals surface area contributed by atoms with Gasteiger partial charge >= 0.3 is 6.03 Å². The van der Waals surface area contributed by atoms with E-state index in [1.54, 1.807) is 13.2 Å². The van der Waals surface area contributed by atoms with E-state index in [1.165, 1.54) is 23.5 Å². The zero-order valence-corrected chi connectivity index (χ0v) is 17.5. The molecular weight excluding hydrogens is 405 g/mol. The maximum atomic E-state index is 13.7. The number of carbonyl (C=O) groups is 1. The molecular formula is C21H24FN5O2S. The molecule has 1 aliphatic rings. The summed E-state index contributed by atoms with van der Waals surface area (Å²) in [5.74, 6) is 0.275. The first-order chi connectivity index (χ1) is 14.6. The highest BCUT2D eigenvalue weighted by molar-refractivity contribution is 7.22. The van der Waals surface area contributed by atoms with Crippen molar-refractivity contribution in [1.29, 1.82) is 0 Å². The van der Waals surface area contributed by atoms with Crippen LogP contribution >= 0.6 is 11.3 Å². The Balaban J connectivity index is 1.41. The average Bonchev–Trinajstić information content (AvgIpc) is 3.15. The number of halogens is 1. The second kappa shape index (κ2) is 9.38. The molecule has 3 aromatic rings. The highest BCUT2D eigenvalue weighted by Gasteiger charge is 2.13. The van der Waals surface area contributed by atoms with Gasteiger partial charge in [-0.2, -0.15) is 0 Å². The van der Waals surface area contributed by atoms with Crippen LogP contribution in [0.15, 0.2) is 36.4 Å². The normalized spacial score (nSPS) is 14.6. The molecule has 0 spiro atoms. The Kier molecular flexibility index (Phi) is 6.41. The van der Waals surface area contributed by atoms with Gasteiger partial charge in [0, 0.05) is 44.8 Å². The van der Waals surface area contributed by atoms with Crippen LogP contribution in [0, 0.1) is 5.82 Å². The molecule has 1 fully saturated rings. The first-order valence-electron chi connectivity index (χ1n) is 9.85. The number of methoxy groups -OCH3 is 1.